The first-order valence-electron chi connectivity index (χ1n) is 9.93. The third-order valence-corrected chi connectivity index (χ3v) is 6.73. The van der Waals surface area contributed by atoms with Gasteiger partial charge in [0.25, 0.3) is 0 Å². The minimum Gasteiger partial charge on any atom is -0.492 e. The summed E-state index contributed by atoms with van der Waals surface area (Å²) in [6.45, 7) is 5.75. The first-order chi connectivity index (χ1) is 13.2. The van der Waals surface area contributed by atoms with Crippen LogP contribution in [0.4, 0.5) is 0 Å². The second-order valence-corrected chi connectivity index (χ2v) is 8.89. The van der Waals surface area contributed by atoms with Gasteiger partial charge in [-0.15, -0.1) is 11.3 Å². The van der Waals surface area contributed by atoms with E-state index in [9.17, 15) is 4.79 Å². The van der Waals surface area contributed by atoms with Crippen LogP contribution in [0.5, 0.6) is 5.75 Å². The monoisotopic (exact) mass is 384 g/mol. The van der Waals surface area contributed by atoms with Crippen molar-refractivity contribution in [3.63, 3.8) is 0 Å². The van der Waals surface area contributed by atoms with Crippen molar-refractivity contribution in [1.29, 1.82) is 0 Å². The van der Waals surface area contributed by atoms with Gasteiger partial charge in [0.15, 0.2) is 0 Å². The molecule has 1 aromatic heterocycles. The van der Waals surface area contributed by atoms with Crippen LogP contribution in [0.25, 0.3) is 0 Å². The molecule has 2 aliphatic heterocycles. The van der Waals surface area contributed by atoms with E-state index in [2.05, 4.69) is 15.9 Å². The molecular formula is C22H28N2O2S. The molecule has 5 heteroatoms. The fourth-order valence-electron chi connectivity index (χ4n) is 4.47. The summed E-state index contributed by atoms with van der Waals surface area (Å²) in [4.78, 5) is 18.4. The molecule has 2 aromatic rings. The molecule has 0 saturated carbocycles. The van der Waals surface area contributed by atoms with Gasteiger partial charge in [-0.1, -0.05) is 24.3 Å². The number of likely N-dealkylation sites (tertiary alicyclic amines) is 2. The van der Waals surface area contributed by atoms with Gasteiger partial charge in [-0.25, -0.2) is 0 Å². The summed E-state index contributed by atoms with van der Waals surface area (Å²) in [5.41, 5.74) is 0.288. The van der Waals surface area contributed by atoms with Crippen molar-refractivity contribution in [2.45, 2.75) is 25.7 Å². The Morgan fingerprint density at radius 1 is 1.07 bits per heavy atom. The number of hydrogen-bond donors (Lipinski definition) is 0. The molecule has 0 N–H and O–H groups in total. The second-order valence-electron chi connectivity index (χ2n) is 7.86. The summed E-state index contributed by atoms with van der Waals surface area (Å²) >= 11 is 1.68. The lowest BCUT2D eigenvalue weighted by atomic mass is 9.79. The average molecular weight is 385 g/mol. The number of carbonyl (C=O) groups is 1. The Labute approximate surface area is 165 Å². The van der Waals surface area contributed by atoms with Crippen molar-refractivity contribution in [3.05, 3.63) is 52.7 Å². The maximum Gasteiger partial charge on any atom is 0.227 e. The fourth-order valence-corrected chi connectivity index (χ4v) is 5.16. The van der Waals surface area contributed by atoms with Crippen LogP contribution < -0.4 is 4.74 Å². The van der Waals surface area contributed by atoms with Crippen LogP contribution in [0, 0.1) is 5.41 Å². The van der Waals surface area contributed by atoms with Gasteiger partial charge in [0.2, 0.25) is 5.91 Å². The van der Waals surface area contributed by atoms with E-state index in [4.69, 9.17) is 4.74 Å². The van der Waals surface area contributed by atoms with E-state index in [-0.39, 0.29) is 5.41 Å². The van der Waals surface area contributed by atoms with Crippen molar-refractivity contribution >= 4 is 17.2 Å². The van der Waals surface area contributed by atoms with Gasteiger partial charge in [-0.2, -0.15) is 0 Å². The SMILES string of the molecule is O=C(Cc1cccs1)N1CCC2(CCCN(CCOc3ccccc3)C2)C1. The van der Waals surface area contributed by atoms with Crippen LogP contribution in [0.3, 0.4) is 0 Å². The van der Waals surface area contributed by atoms with E-state index in [1.807, 2.05) is 41.8 Å². The van der Waals surface area contributed by atoms with E-state index >= 15 is 0 Å². The molecule has 2 saturated heterocycles. The first kappa shape index (κ1) is 18.5. The highest BCUT2D eigenvalue weighted by molar-refractivity contribution is 7.10. The molecule has 1 amide bonds. The average Bonchev–Trinajstić information content (AvgIpc) is 3.33. The van der Waals surface area contributed by atoms with Gasteiger partial charge < -0.3 is 9.64 Å². The number of hydrogen-bond acceptors (Lipinski definition) is 4. The Morgan fingerprint density at radius 3 is 2.78 bits per heavy atom. The molecule has 4 nitrogen and oxygen atoms in total. The lowest BCUT2D eigenvalue weighted by Gasteiger charge is -2.40. The van der Waals surface area contributed by atoms with E-state index in [1.54, 1.807) is 11.3 Å². The highest BCUT2D eigenvalue weighted by Crippen LogP contribution is 2.39. The largest absolute Gasteiger partial charge is 0.492 e. The predicted octanol–water partition coefficient (Wildman–Crippen LogP) is 3.68. The highest BCUT2D eigenvalue weighted by atomic mass is 32.1. The lowest BCUT2D eigenvalue weighted by Crippen LogP contribution is -2.46. The smallest absolute Gasteiger partial charge is 0.227 e. The van der Waals surface area contributed by atoms with Crippen molar-refractivity contribution in [1.82, 2.24) is 9.80 Å². The third-order valence-electron chi connectivity index (χ3n) is 5.86. The molecule has 1 unspecified atom stereocenters. The summed E-state index contributed by atoms with van der Waals surface area (Å²) in [7, 11) is 0. The summed E-state index contributed by atoms with van der Waals surface area (Å²) < 4.78 is 5.87. The van der Waals surface area contributed by atoms with Gasteiger partial charge in [-0.3, -0.25) is 9.69 Å². The molecule has 4 rings (SSSR count). The molecule has 2 aliphatic rings. The van der Waals surface area contributed by atoms with Crippen LogP contribution in [0.1, 0.15) is 24.1 Å². The Balaban J connectivity index is 1.26. The van der Waals surface area contributed by atoms with Gasteiger partial charge >= 0.3 is 0 Å². The number of rotatable bonds is 6. The Hall–Kier alpha value is -1.85. The second kappa shape index (κ2) is 8.44. The minimum absolute atomic E-state index is 0.288. The van der Waals surface area contributed by atoms with Crippen LogP contribution in [0.15, 0.2) is 47.8 Å². The number of ether oxygens (including phenoxy) is 1. The summed E-state index contributed by atoms with van der Waals surface area (Å²) in [5.74, 6) is 1.23. The Bertz CT molecular complexity index is 734. The van der Waals surface area contributed by atoms with Crippen LogP contribution in [-0.4, -0.2) is 55.0 Å². The zero-order chi connectivity index (χ0) is 18.5. The van der Waals surface area contributed by atoms with Gasteiger partial charge in [0.1, 0.15) is 12.4 Å². The van der Waals surface area contributed by atoms with Crippen molar-refractivity contribution < 1.29 is 9.53 Å². The maximum absolute atomic E-state index is 12.6. The van der Waals surface area contributed by atoms with Gasteiger partial charge in [0.05, 0.1) is 6.42 Å². The van der Waals surface area contributed by atoms with E-state index in [0.717, 1.165) is 51.5 Å². The molecule has 1 atom stereocenters. The summed E-state index contributed by atoms with van der Waals surface area (Å²) in [6.07, 6.45) is 4.16. The van der Waals surface area contributed by atoms with Crippen LogP contribution in [-0.2, 0) is 11.2 Å². The minimum atomic E-state index is 0.288. The molecule has 1 spiro atoms. The molecule has 144 valence electrons. The number of amides is 1. The zero-order valence-electron chi connectivity index (χ0n) is 15.8. The van der Waals surface area contributed by atoms with Gasteiger partial charge in [-0.05, 0) is 49.4 Å². The number of benzene rings is 1. The molecule has 27 heavy (non-hydrogen) atoms. The van der Waals surface area contributed by atoms with Crippen molar-refractivity contribution in [2.75, 3.05) is 39.3 Å². The van der Waals surface area contributed by atoms with Gasteiger partial charge in [0, 0.05) is 36.5 Å². The number of thiophene rings is 1. The molecular weight excluding hydrogens is 356 g/mol. The summed E-state index contributed by atoms with van der Waals surface area (Å²) in [5, 5.41) is 2.05. The maximum atomic E-state index is 12.6. The van der Waals surface area contributed by atoms with Crippen molar-refractivity contribution in [2.24, 2.45) is 5.41 Å². The molecule has 1 aromatic carbocycles. The highest BCUT2D eigenvalue weighted by Gasteiger charge is 2.42. The van der Waals surface area contributed by atoms with Crippen molar-refractivity contribution in [3.8, 4) is 5.75 Å². The lowest BCUT2D eigenvalue weighted by molar-refractivity contribution is -0.130. The normalized spacial score (nSPS) is 23.0. The topological polar surface area (TPSA) is 32.8 Å². The predicted molar refractivity (Wildman–Crippen MR) is 109 cm³/mol. The standard InChI is InChI=1S/C22H28N2O2S/c25-21(16-20-8-4-15-27-20)24-12-10-22(18-24)9-5-11-23(17-22)13-14-26-19-6-2-1-3-7-19/h1-4,6-8,15H,5,9-14,16-18H2. The quantitative estimate of drug-likeness (QED) is 0.762. The first-order valence-corrected chi connectivity index (χ1v) is 10.8. The molecule has 0 aliphatic carbocycles. The fraction of sp³-hybridized carbons (Fsp3) is 0.500. The van der Waals surface area contributed by atoms with E-state index in [0.29, 0.717) is 12.3 Å². The number of para-hydroxylation sites is 1. The molecule has 0 bridgehead atoms. The molecule has 3 heterocycles. The number of carbonyl (C=O) groups excluding carboxylic acids is 1. The Morgan fingerprint density at radius 2 is 1.96 bits per heavy atom. The number of piperidine rings is 1. The number of nitrogens with zero attached hydrogens (tertiary/aromatic N) is 2. The van der Waals surface area contributed by atoms with E-state index in [1.165, 1.54) is 17.7 Å². The van der Waals surface area contributed by atoms with Crippen LogP contribution in [0.2, 0.25) is 0 Å². The third kappa shape index (κ3) is 4.71. The molecule has 2 fully saturated rings. The van der Waals surface area contributed by atoms with Crippen LogP contribution >= 0.6 is 11.3 Å². The zero-order valence-corrected chi connectivity index (χ0v) is 16.6. The van der Waals surface area contributed by atoms with E-state index < -0.39 is 0 Å². The molecule has 0 radical (unpaired) electrons. The Kier molecular flexibility index (Phi) is 5.79. The summed E-state index contributed by atoms with van der Waals surface area (Å²) in [6, 6.07) is 14.1.